The van der Waals surface area contributed by atoms with Gasteiger partial charge in [-0.25, -0.2) is 4.39 Å². The van der Waals surface area contributed by atoms with Gasteiger partial charge in [-0.3, -0.25) is 4.79 Å². The van der Waals surface area contributed by atoms with Crippen LogP contribution in [0.5, 0.6) is 0 Å². The van der Waals surface area contributed by atoms with Crippen LogP contribution in [0.4, 0.5) is 10.1 Å². The number of carbonyl (C=O) groups is 1. The highest BCUT2D eigenvalue weighted by Gasteiger charge is 2.19. The van der Waals surface area contributed by atoms with Crippen molar-refractivity contribution in [1.82, 2.24) is 5.32 Å². The number of hydrogen-bond donors (Lipinski definition) is 2. The highest BCUT2D eigenvalue weighted by atomic mass is 35.5. The van der Waals surface area contributed by atoms with Gasteiger partial charge in [0.1, 0.15) is 11.9 Å². The third-order valence-electron chi connectivity index (χ3n) is 2.14. The van der Waals surface area contributed by atoms with Crippen LogP contribution in [0.25, 0.3) is 0 Å². The Labute approximate surface area is 112 Å². The average Bonchev–Trinajstić information content (AvgIpc) is 2.12. The van der Waals surface area contributed by atoms with Crippen LogP contribution in [0, 0.1) is 5.82 Å². The molecule has 0 heterocycles. The first-order valence-electron chi connectivity index (χ1n) is 5.72. The molecule has 18 heavy (non-hydrogen) atoms. The van der Waals surface area contributed by atoms with Gasteiger partial charge in [0, 0.05) is 16.2 Å². The summed E-state index contributed by atoms with van der Waals surface area (Å²) in [5.41, 5.74) is 0.184. The molecule has 0 aliphatic carbocycles. The monoisotopic (exact) mass is 272 g/mol. The quantitative estimate of drug-likeness (QED) is 0.887. The van der Waals surface area contributed by atoms with Gasteiger partial charge in [0.25, 0.3) is 0 Å². The fraction of sp³-hybridized carbons (Fsp3) is 0.462. The highest BCUT2D eigenvalue weighted by molar-refractivity contribution is 6.30. The molecule has 0 aliphatic heterocycles. The lowest BCUT2D eigenvalue weighted by atomic mass is 10.1. The minimum Gasteiger partial charge on any atom is -0.374 e. The van der Waals surface area contributed by atoms with Gasteiger partial charge in [-0.2, -0.15) is 0 Å². The molecule has 0 bridgehead atoms. The summed E-state index contributed by atoms with van der Waals surface area (Å²) in [6.07, 6.45) is 0. The van der Waals surface area contributed by atoms with E-state index in [1.807, 2.05) is 20.8 Å². The molecule has 3 nitrogen and oxygen atoms in total. The van der Waals surface area contributed by atoms with Crippen LogP contribution < -0.4 is 10.6 Å². The summed E-state index contributed by atoms with van der Waals surface area (Å²) in [5.74, 6) is -0.587. The molecule has 0 saturated carbocycles. The van der Waals surface area contributed by atoms with Gasteiger partial charge in [0.2, 0.25) is 5.91 Å². The summed E-state index contributed by atoms with van der Waals surface area (Å²) in [6.45, 7) is 7.41. The summed E-state index contributed by atoms with van der Waals surface area (Å²) in [7, 11) is 0. The van der Waals surface area contributed by atoms with Crippen molar-refractivity contribution in [3.63, 3.8) is 0 Å². The normalized spacial score (nSPS) is 13.0. The number of hydrogen-bond acceptors (Lipinski definition) is 2. The number of halogens is 2. The molecule has 0 saturated heterocycles. The van der Waals surface area contributed by atoms with Gasteiger partial charge in [-0.1, -0.05) is 11.6 Å². The van der Waals surface area contributed by atoms with Crippen LogP contribution in [-0.2, 0) is 4.79 Å². The zero-order valence-electron chi connectivity index (χ0n) is 11.0. The highest BCUT2D eigenvalue weighted by Crippen LogP contribution is 2.18. The number of rotatable bonds is 3. The predicted molar refractivity (Wildman–Crippen MR) is 72.4 cm³/mol. The number of carbonyl (C=O) groups excluding carboxylic acids is 1. The van der Waals surface area contributed by atoms with Crippen molar-refractivity contribution in [1.29, 1.82) is 0 Å². The Morgan fingerprint density at radius 1 is 1.33 bits per heavy atom. The number of anilines is 1. The van der Waals surface area contributed by atoms with Crippen LogP contribution in [-0.4, -0.2) is 17.5 Å². The zero-order chi connectivity index (χ0) is 13.9. The van der Waals surface area contributed by atoms with Gasteiger partial charge >= 0.3 is 0 Å². The predicted octanol–water partition coefficient (Wildman–Crippen LogP) is 3.19. The molecule has 2 N–H and O–H groups in total. The Balaban J connectivity index is 2.69. The lowest BCUT2D eigenvalue weighted by Gasteiger charge is -2.24. The Morgan fingerprint density at radius 3 is 2.44 bits per heavy atom. The summed E-state index contributed by atoms with van der Waals surface area (Å²) in [6, 6.07) is 3.62. The summed E-state index contributed by atoms with van der Waals surface area (Å²) >= 11 is 5.74. The SMILES string of the molecule is CC(Nc1cc(F)cc(Cl)c1)C(=O)NC(C)(C)C. The lowest BCUT2D eigenvalue weighted by Crippen LogP contribution is -2.47. The standard InChI is InChI=1S/C13H18ClFN2O/c1-8(12(18)17-13(2,3)4)16-11-6-9(14)5-10(15)7-11/h5-8,16H,1-4H3,(H,17,18). The Kier molecular flexibility index (Phi) is 4.57. The third-order valence-corrected chi connectivity index (χ3v) is 2.36. The molecule has 0 radical (unpaired) electrons. The minimum atomic E-state index is -0.470. The molecule has 0 spiro atoms. The number of amides is 1. The van der Waals surface area contributed by atoms with Gasteiger partial charge in [-0.15, -0.1) is 0 Å². The second-order valence-corrected chi connectivity index (χ2v) is 5.70. The first-order chi connectivity index (χ1) is 8.17. The maximum absolute atomic E-state index is 13.1. The van der Waals surface area contributed by atoms with E-state index < -0.39 is 11.9 Å². The Hall–Kier alpha value is -1.29. The second kappa shape index (κ2) is 5.57. The van der Waals surface area contributed by atoms with Crippen LogP contribution >= 0.6 is 11.6 Å². The second-order valence-electron chi connectivity index (χ2n) is 5.26. The molecule has 1 atom stereocenters. The van der Waals surface area contributed by atoms with Crippen LogP contribution in [0.2, 0.25) is 5.02 Å². The molecule has 1 amide bonds. The molecular weight excluding hydrogens is 255 g/mol. The van der Waals surface area contributed by atoms with Crippen molar-refractivity contribution in [3.05, 3.63) is 29.0 Å². The van der Waals surface area contributed by atoms with E-state index in [-0.39, 0.29) is 11.4 Å². The molecule has 1 unspecified atom stereocenters. The molecular formula is C13H18ClFN2O. The third kappa shape index (κ3) is 4.92. The van der Waals surface area contributed by atoms with Gasteiger partial charge < -0.3 is 10.6 Å². The van der Waals surface area contributed by atoms with Crippen molar-refractivity contribution in [3.8, 4) is 0 Å². The zero-order valence-corrected chi connectivity index (χ0v) is 11.7. The van der Waals surface area contributed by atoms with Crippen LogP contribution in [0.3, 0.4) is 0 Å². The Morgan fingerprint density at radius 2 is 1.94 bits per heavy atom. The summed E-state index contributed by atoms with van der Waals surface area (Å²) in [5, 5.41) is 6.04. The molecule has 100 valence electrons. The average molecular weight is 273 g/mol. The smallest absolute Gasteiger partial charge is 0.242 e. The van der Waals surface area contributed by atoms with Crippen molar-refractivity contribution >= 4 is 23.2 Å². The first kappa shape index (κ1) is 14.8. The van der Waals surface area contributed by atoms with Crippen LogP contribution in [0.15, 0.2) is 18.2 Å². The maximum Gasteiger partial charge on any atom is 0.242 e. The van der Waals surface area contributed by atoms with Crippen molar-refractivity contribution in [2.45, 2.75) is 39.3 Å². The van der Waals surface area contributed by atoms with E-state index in [1.54, 1.807) is 13.0 Å². The van der Waals surface area contributed by atoms with Crippen molar-refractivity contribution < 1.29 is 9.18 Å². The molecule has 0 aromatic heterocycles. The summed E-state index contributed by atoms with van der Waals surface area (Å²) in [4.78, 5) is 11.8. The van der Waals surface area contributed by atoms with Gasteiger partial charge in [0.05, 0.1) is 0 Å². The van der Waals surface area contributed by atoms with E-state index in [0.29, 0.717) is 10.7 Å². The van der Waals surface area contributed by atoms with E-state index in [2.05, 4.69) is 10.6 Å². The van der Waals surface area contributed by atoms with E-state index in [1.165, 1.54) is 12.1 Å². The van der Waals surface area contributed by atoms with Crippen LogP contribution in [0.1, 0.15) is 27.7 Å². The van der Waals surface area contributed by atoms with Crippen molar-refractivity contribution in [2.24, 2.45) is 0 Å². The number of nitrogens with one attached hydrogen (secondary N) is 2. The van der Waals surface area contributed by atoms with E-state index >= 15 is 0 Å². The summed E-state index contributed by atoms with van der Waals surface area (Å²) < 4.78 is 13.1. The van der Waals surface area contributed by atoms with E-state index in [4.69, 9.17) is 11.6 Å². The minimum absolute atomic E-state index is 0.150. The lowest BCUT2D eigenvalue weighted by molar-refractivity contribution is -0.122. The molecule has 1 aromatic carbocycles. The molecule has 0 fully saturated rings. The van der Waals surface area contributed by atoms with E-state index in [0.717, 1.165) is 0 Å². The molecule has 1 aromatic rings. The van der Waals surface area contributed by atoms with E-state index in [9.17, 15) is 9.18 Å². The Bertz CT molecular complexity index is 423. The first-order valence-corrected chi connectivity index (χ1v) is 6.10. The fourth-order valence-corrected chi connectivity index (χ4v) is 1.65. The van der Waals surface area contributed by atoms with Crippen molar-refractivity contribution in [2.75, 3.05) is 5.32 Å². The molecule has 1 rings (SSSR count). The van der Waals surface area contributed by atoms with Gasteiger partial charge in [0.15, 0.2) is 0 Å². The molecule has 0 aliphatic rings. The number of benzene rings is 1. The van der Waals surface area contributed by atoms with Gasteiger partial charge in [-0.05, 0) is 45.9 Å². The largest absolute Gasteiger partial charge is 0.374 e. The maximum atomic E-state index is 13.1. The fourth-order valence-electron chi connectivity index (χ4n) is 1.43. The topological polar surface area (TPSA) is 41.1 Å². The molecule has 5 heteroatoms.